The van der Waals surface area contributed by atoms with Gasteiger partial charge in [-0.15, -0.1) is 11.3 Å². The molecule has 0 radical (unpaired) electrons. The Hall–Kier alpha value is -2.82. The summed E-state index contributed by atoms with van der Waals surface area (Å²) in [5, 5.41) is 2.05. The SMILES string of the molecule is [2H]c1c([2H])c([2H])c(-c2nc(Cl)nc(-c3cccc4c3sc3ccccc34)n2)c([2H])c1[2H]. The van der Waals surface area contributed by atoms with Gasteiger partial charge in [0.05, 0.1) is 6.85 Å². The fourth-order valence-corrected chi connectivity index (χ4v) is 4.24. The predicted molar refractivity (Wildman–Crippen MR) is 109 cm³/mol. The van der Waals surface area contributed by atoms with Crippen LogP contribution in [0.3, 0.4) is 0 Å². The van der Waals surface area contributed by atoms with Gasteiger partial charge in [0.1, 0.15) is 0 Å². The summed E-state index contributed by atoms with van der Waals surface area (Å²) in [6.45, 7) is 0. The van der Waals surface area contributed by atoms with Crippen molar-refractivity contribution in [2.24, 2.45) is 0 Å². The van der Waals surface area contributed by atoms with Gasteiger partial charge in [-0.1, -0.05) is 60.5 Å². The van der Waals surface area contributed by atoms with Gasteiger partial charge in [0.15, 0.2) is 11.6 Å². The Bertz CT molecular complexity index is 1490. The molecule has 0 aliphatic carbocycles. The van der Waals surface area contributed by atoms with E-state index in [1.807, 2.05) is 36.4 Å². The van der Waals surface area contributed by atoms with E-state index in [1.54, 1.807) is 11.3 Å². The van der Waals surface area contributed by atoms with Crippen molar-refractivity contribution in [1.29, 1.82) is 0 Å². The molecule has 5 rings (SSSR count). The average Bonchev–Trinajstić information content (AvgIpc) is 3.15. The number of thiophene rings is 1. The second kappa shape index (κ2) is 6.16. The van der Waals surface area contributed by atoms with Gasteiger partial charge in [-0.3, -0.25) is 0 Å². The summed E-state index contributed by atoms with van der Waals surface area (Å²) in [5.74, 6) is 0.212. The first-order chi connectivity index (χ1) is 14.9. The van der Waals surface area contributed by atoms with E-state index in [-0.39, 0.29) is 34.6 Å². The second-order valence-corrected chi connectivity index (χ2v) is 6.92. The minimum absolute atomic E-state index is 0.0647. The Kier molecular flexibility index (Phi) is 2.61. The number of benzene rings is 3. The van der Waals surface area contributed by atoms with E-state index in [2.05, 4.69) is 21.0 Å². The number of aromatic nitrogens is 3. The summed E-state index contributed by atoms with van der Waals surface area (Å²) in [7, 11) is 0. The normalized spacial score (nSPS) is 14.0. The summed E-state index contributed by atoms with van der Waals surface area (Å²) in [4.78, 5) is 12.8. The average molecular weight is 379 g/mol. The van der Waals surface area contributed by atoms with Gasteiger partial charge in [-0.05, 0) is 23.7 Å². The molecule has 0 fully saturated rings. The molecule has 3 nitrogen and oxygen atoms in total. The molecule has 0 bridgehead atoms. The van der Waals surface area contributed by atoms with Crippen LogP contribution in [0.15, 0.2) is 72.7 Å². The monoisotopic (exact) mass is 378 g/mol. The van der Waals surface area contributed by atoms with Crippen LogP contribution in [-0.2, 0) is 0 Å². The van der Waals surface area contributed by atoms with E-state index in [0.717, 1.165) is 25.7 Å². The summed E-state index contributed by atoms with van der Waals surface area (Å²) in [6, 6.07) is 11.7. The molecule has 26 heavy (non-hydrogen) atoms. The number of hydrogen-bond acceptors (Lipinski definition) is 4. The summed E-state index contributed by atoms with van der Waals surface area (Å²) in [5.41, 5.74) is 0.622. The third kappa shape index (κ3) is 2.55. The summed E-state index contributed by atoms with van der Waals surface area (Å²) < 4.78 is 42.1. The molecular formula is C21H12ClN3S. The van der Waals surface area contributed by atoms with Crippen molar-refractivity contribution < 1.29 is 6.85 Å². The number of rotatable bonds is 2. The highest BCUT2D eigenvalue weighted by Gasteiger charge is 2.14. The first kappa shape index (κ1) is 11.0. The Labute approximate surface area is 166 Å². The zero-order chi connectivity index (χ0) is 21.9. The lowest BCUT2D eigenvalue weighted by Crippen LogP contribution is -1.97. The van der Waals surface area contributed by atoms with Gasteiger partial charge >= 0.3 is 0 Å². The molecule has 2 heterocycles. The van der Waals surface area contributed by atoms with E-state index >= 15 is 0 Å². The molecule has 5 heteroatoms. The molecule has 3 aromatic carbocycles. The third-order valence-corrected chi connectivity index (χ3v) is 5.37. The lowest BCUT2D eigenvalue weighted by molar-refractivity contribution is 1.07. The second-order valence-electron chi connectivity index (χ2n) is 5.53. The third-order valence-electron chi connectivity index (χ3n) is 3.98. The number of fused-ring (bicyclic) bond motifs is 3. The molecule has 2 aromatic heterocycles. The molecule has 0 N–H and O–H groups in total. The van der Waals surface area contributed by atoms with Crippen molar-refractivity contribution in [2.75, 3.05) is 0 Å². The molecule has 0 atom stereocenters. The van der Waals surface area contributed by atoms with Crippen LogP contribution in [0.4, 0.5) is 0 Å². The van der Waals surface area contributed by atoms with Crippen molar-refractivity contribution in [3.05, 3.63) is 78.0 Å². The minimum atomic E-state index is -0.478. The molecular weight excluding hydrogens is 362 g/mol. The molecule has 0 amide bonds. The number of hydrogen-bond donors (Lipinski definition) is 0. The van der Waals surface area contributed by atoms with Gasteiger partial charge in [0, 0.05) is 31.3 Å². The molecule has 0 aliphatic heterocycles. The Morgan fingerprint density at radius 3 is 2.46 bits per heavy atom. The van der Waals surface area contributed by atoms with Crippen LogP contribution < -0.4 is 0 Å². The van der Waals surface area contributed by atoms with Gasteiger partial charge < -0.3 is 0 Å². The van der Waals surface area contributed by atoms with Crippen molar-refractivity contribution in [3.8, 4) is 22.8 Å². The first-order valence-corrected chi connectivity index (χ1v) is 8.95. The lowest BCUT2D eigenvalue weighted by atomic mass is 10.1. The summed E-state index contributed by atoms with van der Waals surface area (Å²) >= 11 is 7.78. The smallest absolute Gasteiger partial charge is 0.208 e. The fraction of sp³-hybridized carbons (Fsp3) is 0. The molecule has 0 saturated carbocycles. The van der Waals surface area contributed by atoms with E-state index in [4.69, 9.17) is 18.5 Å². The van der Waals surface area contributed by atoms with Gasteiger partial charge in [-0.25, -0.2) is 4.98 Å². The quantitative estimate of drug-likeness (QED) is 0.365. The molecule has 5 aromatic rings. The zero-order valence-electron chi connectivity index (χ0n) is 18.2. The van der Waals surface area contributed by atoms with Crippen molar-refractivity contribution in [1.82, 2.24) is 15.0 Å². The van der Waals surface area contributed by atoms with Crippen LogP contribution in [0, 0.1) is 0 Å². The maximum Gasteiger partial charge on any atom is 0.226 e. The van der Waals surface area contributed by atoms with E-state index < -0.39 is 18.1 Å². The van der Waals surface area contributed by atoms with Crippen LogP contribution >= 0.6 is 22.9 Å². The number of halogens is 1. The van der Waals surface area contributed by atoms with Crippen molar-refractivity contribution in [2.45, 2.75) is 0 Å². The first-order valence-electron chi connectivity index (χ1n) is 10.3. The van der Waals surface area contributed by atoms with Gasteiger partial charge in [-0.2, -0.15) is 9.97 Å². The largest absolute Gasteiger partial charge is 0.226 e. The van der Waals surface area contributed by atoms with Gasteiger partial charge in [0.25, 0.3) is 0 Å². The Morgan fingerprint density at radius 2 is 1.58 bits per heavy atom. The van der Waals surface area contributed by atoms with E-state index in [1.165, 1.54) is 0 Å². The fourth-order valence-electron chi connectivity index (χ4n) is 2.87. The number of nitrogens with zero attached hydrogens (tertiary/aromatic N) is 3. The Balaban J connectivity index is 1.79. The van der Waals surface area contributed by atoms with E-state index in [0.29, 0.717) is 0 Å². The molecule has 0 aliphatic rings. The van der Waals surface area contributed by atoms with Crippen molar-refractivity contribution >= 4 is 43.1 Å². The van der Waals surface area contributed by atoms with Gasteiger partial charge in [0.2, 0.25) is 5.28 Å². The predicted octanol–water partition coefficient (Wildman–Crippen LogP) is 6.23. The zero-order valence-corrected chi connectivity index (χ0v) is 14.7. The molecule has 0 spiro atoms. The molecule has 0 unspecified atom stereocenters. The van der Waals surface area contributed by atoms with E-state index in [9.17, 15) is 0 Å². The molecule has 0 saturated heterocycles. The van der Waals surface area contributed by atoms with Crippen LogP contribution in [-0.4, -0.2) is 15.0 Å². The highest BCUT2D eigenvalue weighted by molar-refractivity contribution is 7.26. The topological polar surface area (TPSA) is 38.7 Å². The minimum Gasteiger partial charge on any atom is -0.208 e. The standard InChI is InChI=1S/C21H12ClN3S/c22-21-24-19(13-7-2-1-3-8-13)23-20(25-21)16-11-6-10-15-14-9-4-5-12-17(14)26-18(15)16/h1-12H/i1D,2D,3D,7D,8D. The highest BCUT2D eigenvalue weighted by Crippen LogP contribution is 2.39. The van der Waals surface area contributed by atoms with Crippen LogP contribution in [0.1, 0.15) is 6.85 Å². The summed E-state index contributed by atoms with van der Waals surface area (Å²) in [6.07, 6.45) is 0. The van der Waals surface area contributed by atoms with Crippen LogP contribution in [0.5, 0.6) is 0 Å². The maximum absolute atomic E-state index is 8.21. The lowest BCUT2D eigenvalue weighted by Gasteiger charge is -2.05. The van der Waals surface area contributed by atoms with Crippen LogP contribution in [0.2, 0.25) is 5.28 Å². The highest BCUT2D eigenvalue weighted by atomic mass is 35.5. The molecule has 124 valence electrons. The van der Waals surface area contributed by atoms with Crippen LogP contribution in [0.25, 0.3) is 42.9 Å². The maximum atomic E-state index is 8.21. The van der Waals surface area contributed by atoms with Crippen molar-refractivity contribution in [3.63, 3.8) is 0 Å². The Morgan fingerprint density at radius 1 is 0.808 bits per heavy atom.